The van der Waals surface area contributed by atoms with Crippen molar-refractivity contribution in [2.75, 3.05) is 20.8 Å². The monoisotopic (exact) mass is 381 g/mol. The van der Waals surface area contributed by atoms with Gasteiger partial charge < -0.3 is 14.6 Å². The van der Waals surface area contributed by atoms with Gasteiger partial charge in [-0.15, -0.1) is 0 Å². The van der Waals surface area contributed by atoms with Crippen molar-refractivity contribution < 1.29 is 27.8 Å². The molecule has 0 heterocycles. The number of aliphatic carboxylic acids is 1. The van der Waals surface area contributed by atoms with Crippen molar-refractivity contribution in [3.63, 3.8) is 0 Å². The molecule has 21 heavy (non-hydrogen) atoms. The number of sulfonamides is 1. The molecule has 2 N–H and O–H groups in total. The second kappa shape index (κ2) is 7.62. The lowest BCUT2D eigenvalue weighted by molar-refractivity contribution is -0.137. The van der Waals surface area contributed by atoms with Gasteiger partial charge in [0.25, 0.3) is 0 Å². The summed E-state index contributed by atoms with van der Waals surface area (Å²) in [7, 11) is -1.04. The van der Waals surface area contributed by atoms with E-state index in [1.54, 1.807) is 0 Å². The van der Waals surface area contributed by atoms with E-state index in [9.17, 15) is 13.2 Å². The van der Waals surface area contributed by atoms with E-state index in [1.165, 1.54) is 26.4 Å². The van der Waals surface area contributed by atoms with Gasteiger partial charge in [0.15, 0.2) is 0 Å². The van der Waals surface area contributed by atoms with Gasteiger partial charge in [-0.25, -0.2) is 13.1 Å². The van der Waals surface area contributed by atoms with E-state index in [-0.39, 0.29) is 30.0 Å². The molecule has 1 rings (SSSR count). The van der Waals surface area contributed by atoms with Gasteiger partial charge in [0, 0.05) is 19.0 Å². The molecule has 0 bridgehead atoms. The minimum Gasteiger partial charge on any atom is -0.496 e. The average Bonchev–Trinajstić information content (AvgIpc) is 2.42. The smallest absolute Gasteiger partial charge is 0.303 e. The van der Waals surface area contributed by atoms with E-state index in [4.69, 9.17) is 14.6 Å². The predicted molar refractivity (Wildman–Crippen MR) is 79.3 cm³/mol. The molecule has 0 aliphatic heterocycles. The molecule has 0 unspecified atom stereocenters. The second-order valence-electron chi connectivity index (χ2n) is 4.03. The minimum atomic E-state index is -3.82. The maximum absolute atomic E-state index is 12.2. The molecule has 9 heteroatoms. The van der Waals surface area contributed by atoms with Crippen LogP contribution in [0.1, 0.15) is 12.8 Å². The highest BCUT2D eigenvalue weighted by Crippen LogP contribution is 2.35. The second-order valence-corrected chi connectivity index (χ2v) is 6.62. The van der Waals surface area contributed by atoms with E-state index in [1.807, 2.05) is 0 Å². The van der Waals surface area contributed by atoms with Crippen LogP contribution in [0.15, 0.2) is 21.5 Å². The van der Waals surface area contributed by atoms with E-state index in [0.29, 0.717) is 10.2 Å². The van der Waals surface area contributed by atoms with Crippen LogP contribution in [-0.2, 0) is 14.8 Å². The van der Waals surface area contributed by atoms with Crippen LogP contribution in [-0.4, -0.2) is 40.3 Å². The lowest BCUT2D eigenvalue weighted by Crippen LogP contribution is -2.25. The molecule has 0 aliphatic rings. The molecule has 0 saturated heterocycles. The molecule has 0 radical (unpaired) electrons. The van der Waals surface area contributed by atoms with E-state index < -0.39 is 16.0 Å². The van der Waals surface area contributed by atoms with E-state index in [0.717, 1.165) is 0 Å². The van der Waals surface area contributed by atoms with Crippen LogP contribution in [0.3, 0.4) is 0 Å². The van der Waals surface area contributed by atoms with E-state index in [2.05, 4.69) is 20.7 Å². The lowest BCUT2D eigenvalue weighted by atomic mass is 10.3. The first-order chi connectivity index (χ1) is 9.81. The summed E-state index contributed by atoms with van der Waals surface area (Å²) in [6.45, 7) is 0.0240. The Hall–Kier alpha value is -1.32. The highest BCUT2D eigenvalue weighted by molar-refractivity contribution is 9.10. The maximum Gasteiger partial charge on any atom is 0.303 e. The van der Waals surface area contributed by atoms with Crippen molar-refractivity contribution in [3.8, 4) is 11.5 Å². The Balaban J connectivity index is 2.98. The zero-order valence-corrected chi connectivity index (χ0v) is 14.0. The molecule has 0 aromatic heterocycles. The summed E-state index contributed by atoms with van der Waals surface area (Å²) < 4.78 is 37.5. The highest BCUT2D eigenvalue weighted by atomic mass is 79.9. The number of carbonyl (C=O) groups is 1. The number of rotatable bonds is 8. The third-order valence-corrected chi connectivity index (χ3v) is 4.69. The number of hydrogen-bond donors (Lipinski definition) is 2. The summed E-state index contributed by atoms with van der Waals surface area (Å²) in [5.74, 6) is -0.466. The number of benzene rings is 1. The van der Waals surface area contributed by atoms with Crippen LogP contribution in [0.5, 0.6) is 11.5 Å². The normalized spacial score (nSPS) is 11.2. The summed E-state index contributed by atoms with van der Waals surface area (Å²) in [6, 6.07) is 2.83. The number of carboxylic acid groups (broad SMARTS) is 1. The van der Waals surface area contributed by atoms with Crippen LogP contribution in [0.25, 0.3) is 0 Å². The van der Waals surface area contributed by atoms with Gasteiger partial charge in [0.2, 0.25) is 10.0 Å². The first kappa shape index (κ1) is 17.7. The molecule has 1 aromatic carbocycles. The molecular formula is C12H16BrNO6S. The third kappa shape index (κ3) is 4.87. The van der Waals surface area contributed by atoms with Gasteiger partial charge in [0.1, 0.15) is 16.4 Å². The van der Waals surface area contributed by atoms with Crippen LogP contribution in [0.4, 0.5) is 0 Å². The third-order valence-electron chi connectivity index (χ3n) is 2.59. The van der Waals surface area contributed by atoms with Gasteiger partial charge >= 0.3 is 5.97 Å². The number of nitrogens with one attached hydrogen (secondary N) is 1. The van der Waals surface area contributed by atoms with Crippen LogP contribution in [0, 0.1) is 0 Å². The Labute approximate surface area is 131 Å². The topological polar surface area (TPSA) is 102 Å². The number of hydrogen-bond acceptors (Lipinski definition) is 5. The maximum atomic E-state index is 12.2. The number of halogens is 1. The fraction of sp³-hybridized carbons (Fsp3) is 0.417. The molecule has 0 saturated carbocycles. The first-order valence-corrected chi connectivity index (χ1v) is 8.22. The Morgan fingerprint density at radius 2 is 1.90 bits per heavy atom. The van der Waals surface area contributed by atoms with Gasteiger partial charge in [-0.1, -0.05) is 0 Å². The fourth-order valence-corrected chi connectivity index (χ4v) is 3.29. The molecule has 7 nitrogen and oxygen atoms in total. The van der Waals surface area contributed by atoms with E-state index >= 15 is 0 Å². The summed E-state index contributed by atoms with van der Waals surface area (Å²) in [4.78, 5) is 10.3. The average molecular weight is 382 g/mol. The van der Waals surface area contributed by atoms with Gasteiger partial charge in [-0.2, -0.15) is 0 Å². The summed E-state index contributed by atoms with van der Waals surface area (Å²) in [5.41, 5.74) is 0. The van der Waals surface area contributed by atoms with Crippen molar-refractivity contribution in [2.45, 2.75) is 17.7 Å². The Morgan fingerprint density at radius 1 is 1.29 bits per heavy atom. The van der Waals surface area contributed by atoms with Crippen LogP contribution in [0.2, 0.25) is 0 Å². The predicted octanol–water partition coefficient (Wildman–Crippen LogP) is 1.61. The quantitative estimate of drug-likeness (QED) is 0.663. The fourth-order valence-electron chi connectivity index (χ4n) is 1.57. The highest BCUT2D eigenvalue weighted by Gasteiger charge is 2.21. The molecule has 0 spiro atoms. The molecular weight excluding hydrogens is 366 g/mol. The van der Waals surface area contributed by atoms with Crippen LogP contribution >= 0.6 is 15.9 Å². The summed E-state index contributed by atoms with van der Waals surface area (Å²) in [5, 5.41) is 8.52. The Kier molecular flexibility index (Phi) is 6.43. The molecule has 1 aromatic rings. The van der Waals surface area contributed by atoms with Crippen LogP contribution < -0.4 is 14.2 Å². The Bertz CT molecular complexity index is 616. The van der Waals surface area contributed by atoms with Gasteiger partial charge in [-0.3, -0.25) is 4.79 Å². The molecule has 0 atom stereocenters. The van der Waals surface area contributed by atoms with Gasteiger partial charge in [-0.05, 0) is 28.4 Å². The largest absolute Gasteiger partial charge is 0.496 e. The zero-order valence-electron chi connectivity index (χ0n) is 11.6. The minimum absolute atomic E-state index is 0.0240. The van der Waals surface area contributed by atoms with Gasteiger partial charge in [0.05, 0.1) is 18.7 Å². The lowest BCUT2D eigenvalue weighted by Gasteiger charge is -2.13. The molecule has 0 fully saturated rings. The number of carboxylic acids is 1. The van der Waals surface area contributed by atoms with Crippen molar-refractivity contribution in [3.05, 3.63) is 16.6 Å². The van der Waals surface area contributed by atoms with Crippen molar-refractivity contribution in [1.82, 2.24) is 4.72 Å². The first-order valence-electron chi connectivity index (χ1n) is 5.94. The number of methoxy groups -OCH3 is 2. The molecule has 118 valence electrons. The Morgan fingerprint density at radius 3 is 2.43 bits per heavy atom. The van der Waals surface area contributed by atoms with Crippen molar-refractivity contribution in [1.29, 1.82) is 0 Å². The van der Waals surface area contributed by atoms with Crippen molar-refractivity contribution >= 4 is 31.9 Å². The SMILES string of the molecule is COc1cc(S(=O)(=O)NCCCC(=O)O)c(OC)cc1Br. The summed E-state index contributed by atoms with van der Waals surface area (Å²) >= 11 is 3.24. The van der Waals surface area contributed by atoms with Crippen molar-refractivity contribution in [2.24, 2.45) is 0 Å². The molecule has 0 amide bonds. The summed E-state index contributed by atoms with van der Waals surface area (Å²) in [6.07, 6.45) is 0.0911. The standard InChI is InChI=1S/C12H16BrNO6S/c1-19-9-7-11(10(20-2)6-8(9)13)21(17,18)14-5-3-4-12(15)16/h6-7,14H,3-5H2,1-2H3,(H,15,16). The zero-order chi connectivity index (χ0) is 16.0. The number of ether oxygens (including phenoxy) is 2. The molecule has 0 aliphatic carbocycles.